The monoisotopic (exact) mass is 350 g/mol. The first-order valence-corrected chi connectivity index (χ1v) is 7.10. The van der Waals surface area contributed by atoms with Gasteiger partial charge in [0.1, 0.15) is 5.82 Å². The fourth-order valence-electron chi connectivity index (χ4n) is 1.90. The Labute approximate surface area is 112 Å². The van der Waals surface area contributed by atoms with Crippen LogP contribution < -0.4 is 0 Å². The predicted molar refractivity (Wildman–Crippen MR) is 69.4 cm³/mol. The molecule has 1 aliphatic rings. The van der Waals surface area contributed by atoms with Crippen LogP contribution in [0.1, 0.15) is 29.7 Å². The second-order valence-corrected chi connectivity index (χ2v) is 5.82. The van der Waals surface area contributed by atoms with Gasteiger partial charge in [-0.2, -0.15) is 0 Å². The first-order chi connectivity index (χ1) is 7.68. The van der Waals surface area contributed by atoms with Crippen molar-refractivity contribution in [1.82, 2.24) is 0 Å². The molecule has 2 rings (SSSR count). The molecular weight excluding hydrogens is 339 g/mol. The molecule has 2 unspecified atom stereocenters. The van der Waals surface area contributed by atoms with E-state index in [4.69, 9.17) is 4.74 Å². The molecule has 0 N–H and O–H groups in total. The topological polar surface area (TPSA) is 9.23 Å². The maximum Gasteiger partial charge on any atom is 0.137 e. The summed E-state index contributed by atoms with van der Waals surface area (Å²) in [4.78, 5) is 0.143. The molecule has 0 amide bonds. The average molecular weight is 352 g/mol. The van der Waals surface area contributed by atoms with E-state index in [1.807, 2.05) is 6.07 Å². The summed E-state index contributed by atoms with van der Waals surface area (Å²) < 4.78 is 19.3. The summed E-state index contributed by atoms with van der Waals surface area (Å²) >= 11 is 6.84. The minimum absolute atomic E-state index is 0.143. The van der Waals surface area contributed by atoms with Crippen molar-refractivity contribution < 1.29 is 9.13 Å². The molecule has 2 atom stereocenters. The van der Waals surface area contributed by atoms with Crippen molar-refractivity contribution in [2.75, 3.05) is 6.61 Å². The molecule has 1 fully saturated rings. The second-order valence-electron chi connectivity index (χ2n) is 3.98. The van der Waals surface area contributed by atoms with Crippen LogP contribution in [0.4, 0.5) is 4.39 Å². The molecule has 1 aromatic carbocycles. The van der Waals surface area contributed by atoms with Gasteiger partial charge in [-0.15, -0.1) is 0 Å². The number of rotatable bonds is 2. The Hall–Kier alpha value is 0.0700. The molecule has 1 aliphatic heterocycles. The summed E-state index contributed by atoms with van der Waals surface area (Å²) in [5.41, 5.74) is 1.06. The third kappa shape index (κ3) is 2.84. The van der Waals surface area contributed by atoms with E-state index in [0.29, 0.717) is 4.47 Å². The third-order valence-corrected chi connectivity index (χ3v) is 4.53. The zero-order chi connectivity index (χ0) is 11.5. The van der Waals surface area contributed by atoms with Gasteiger partial charge in [0, 0.05) is 6.61 Å². The molecule has 4 heteroatoms. The van der Waals surface area contributed by atoms with Gasteiger partial charge in [0.2, 0.25) is 0 Å². The van der Waals surface area contributed by atoms with Crippen molar-refractivity contribution in [3.63, 3.8) is 0 Å². The highest BCUT2D eigenvalue weighted by atomic mass is 79.9. The molecular formula is C12H13Br2FO. The molecule has 0 aromatic heterocycles. The minimum atomic E-state index is -0.229. The summed E-state index contributed by atoms with van der Waals surface area (Å²) in [5.74, 6) is -0.229. The van der Waals surface area contributed by atoms with Gasteiger partial charge in [0.05, 0.1) is 15.4 Å². The van der Waals surface area contributed by atoms with Crippen LogP contribution in [-0.2, 0) is 4.74 Å². The lowest BCUT2D eigenvalue weighted by Crippen LogP contribution is -2.23. The first kappa shape index (κ1) is 12.5. The Kier molecular flexibility index (Phi) is 4.39. The summed E-state index contributed by atoms with van der Waals surface area (Å²) in [6, 6.07) is 5.10. The third-order valence-electron chi connectivity index (χ3n) is 2.80. The van der Waals surface area contributed by atoms with Crippen LogP contribution in [0.2, 0.25) is 0 Å². The lowest BCUT2D eigenvalue weighted by molar-refractivity contribution is 0.0160. The van der Waals surface area contributed by atoms with Crippen LogP contribution in [0.5, 0.6) is 0 Å². The maximum absolute atomic E-state index is 13.1. The normalized spacial score (nSPS) is 23.1. The van der Waals surface area contributed by atoms with E-state index in [0.717, 1.165) is 25.0 Å². The Morgan fingerprint density at radius 1 is 1.38 bits per heavy atom. The quantitative estimate of drug-likeness (QED) is 0.708. The number of benzene rings is 1. The Bertz CT molecular complexity index is 364. The van der Waals surface area contributed by atoms with Gasteiger partial charge in [-0.05, 0) is 52.9 Å². The van der Waals surface area contributed by atoms with Crippen LogP contribution in [0.3, 0.4) is 0 Å². The van der Waals surface area contributed by atoms with E-state index in [9.17, 15) is 4.39 Å². The number of hydrogen-bond acceptors (Lipinski definition) is 1. The second kappa shape index (κ2) is 5.61. The van der Waals surface area contributed by atoms with Gasteiger partial charge >= 0.3 is 0 Å². The van der Waals surface area contributed by atoms with Crippen LogP contribution in [-0.4, -0.2) is 12.7 Å². The minimum Gasteiger partial charge on any atom is -0.377 e. The van der Waals surface area contributed by atoms with E-state index in [-0.39, 0.29) is 16.7 Å². The predicted octanol–water partition coefficient (Wildman–Crippen LogP) is 4.59. The van der Waals surface area contributed by atoms with Crippen LogP contribution >= 0.6 is 31.9 Å². The highest BCUT2D eigenvalue weighted by molar-refractivity contribution is 9.10. The van der Waals surface area contributed by atoms with Gasteiger partial charge in [-0.1, -0.05) is 22.0 Å². The van der Waals surface area contributed by atoms with E-state index < -0.39 is 0 Å². The smallest absolute Gasteiger partial charge is 0.137 e. The fourth-order valence-corrected chi connectivity index (χ4v) is 2.99. The van der Waals surface area contributed by atoms with E-state index in [1.54, 1.807) is 6.07 Å². The molecule has 1 aromatic rings. The molecule has 0 bridgehead atoms. The van der Waals surface area contributed by atoms with Crippen molar-refractivity contribution in [2.45, 2.75) is 30.2 Å². The molecule has 1 heterocycles. The number of halogens is 3. The number of ether oxygens (including phenoxy) is 1. The Morgan fingerprint density at radius 3 is 2.81 bits per heavy atom. The zero-order valence-corrected chi connectivity index (χ0v) is 11.9. The zero-order valence-electron chi connectivity index (χ0n) is 8.76. The Balaban J connectivity index is 2.12. The van der Waals surface area contributed by atoms with E-state index in [2.05, 4.69) is 31.9 Å². The lowest BCUT2D eigenvalue weighted by Gasteiger charge is -2.27. The molecule has 0 spiro atoms. The SMILES string of the molecule is Fc1ccc(C(Br)C2CCCCO2)cc1Br. The maximum atomic E-state index is 13.1. The molecule has 0 saturated carbocycles. The van der Waals surface area contributed by atoms with Crippen molar-refractivity contribution in [2.24, 2.45) is 0 Å². The molecule has 16 heavy (non-hydrogen) atoms. The van der Waals surface area contributed by atoms with Gasteiger partial charge in [0.25, 0.3) is 0 Å². The summed E-state index contributed by atoms with van der Waals surface area (Å²) in [7, 11) is 0. The number of alkyl halides is 1. The highest BCUT2D eigenvalue weighted by Crippen LogP contribution is 2.34. The Morgan fingerprint density at radius 2 is 2.19 bits per heavy atom. The van der Waals surface area contributed by atoms with Crippen molar-refractivity contribution >= 4 is 31.9 Å². The fraction of sp³-hybridized carbons (Fsp3) is 0.500. The summed E-state index contributed by atoms with van der Waals surface area (Å²) in [5, 5.41) is 0. The summed E-state index contributed by atoms with van der Waals surface area (Å²) in [6.07, 6.45) is 3.61. The van der Waals surface area contributed by atoms with Gasteiger partial charge in [-0.25, -0.2) is 4.39 Å². The first-order valence-electron chi connectivity index (χ1n) is 5.39. The standard InChI is InChI=1S/C12H13Br2FO/c13-9-7-8(4-5-10(9)15)12(14)11-3-1-2-6-16-11/h4-5,7,11-12H,1-3,6H2. The lowest BCUT2D eigenvalue weighted by atomic mass is 10.0. The van der Waals surface area contributed by atoms with Crippen molar-refractivity contribution in [1.29, 1.82) is 0 Å². The largest absolute Gasteiger partial charge is 0.377 e. The molecule has 1 nitrogen and oxygen atoms in total. The van der Waals surface area contributed by atoms with Crippen LogP contribution in [0.25, 0.3) is 0 Å². The van der Waals surface area contributed by atoms with Crippen LogP contribution in [0, 0.1) is 5.82 Å². The number of hydrogen-bond donors (Lipinski definition) is 0. The van der Waals surface area contributed by atoms with Crippen molar-refractivity contribution in [3.05, 3.63) is 34.1 Å². The van der Waals surface area contributed by atoms with E-state index >= 15 is 0 Å². The van der Waals surface area contributed by atoms with Gasteiger partial charge in [-0.3, -0.25) is 0 Å². The van der Waals surface area contributed by atoms with Crippen LogP contribution in [0.15, 0.2) is 22.7 Å². The van der Waals surface area contributed by atoms with E-state index in [1.165, 1.54) is 12.5 Å². The average Bonchev–Trinajstić information content (AvgIpc) is 2.33. The molecule has 0 aliphatic carbocycles. The van der Waals surface area contributed by atoms with Crippen molar-refractivity contribution in [3.8, 4) is 0 Å². The highest BCUT2D eigenvalue weighted by Gasteiger charge is 2.24. The molecule has 88 valence electrons. The summed E-state index contributed by atoms with van der Waals surface area (Å²) in [6.45, 7) is 0.829. The molecule has 0 radical (unpaired) electrons. The van der Waals surface area contributed by atoms with Gasteiger partial charge < -0.3 is 4.74 Å². The molecule has 1 saturated heterocycles. The van der Waals surface area contributed by atoms with Gasteiger partial charge in [0.15, 0.2) is 0 Å².